The summed E-state index contributed by atoms with van der Waals surface area (Å²) >= 11 is 0. The SMILES string of the molecule is COc1cccc(N(C(C)=O)c2cc(C)ccc2C)c1OC. The molecule has 0 atom stereocenters. The molecule has 1 amide bonds. The summed E-state index contributed by atoms with van der Waals surface area (Å²) in [5, 5.41) is 0. The zero-order chi connectivity index (χ0) is 16.3. The fourth-order valence-electron chi connectivity index (χ4n) is 2.48. The van der Waals surface area contributed by atoms with E-state index in [9.17, 15) is 4.79 Å². The van der Waals surface area contributed by atoms with Gasteiger partial charge in [-0.2, -0.15) is 0 Å². The molecule has 2 rings (SSSR count). The van der Waals surface area contributed by atoms with E-state index in [0.717, 1.165) is 16.8 Å². The number of carbonyl (C=O) groups excluding carboxylic acids is 1. The summed E-state index contributed by atoms with van der Waals surface area (Å²) in [4.78, 5) is 14.0. The van der Waals surface area contributed by atoms with E-state index in [-0.39, 0.29) is 5.91 Å². The van der Waals surface area contributed by atoms with Crippen molar-refractivity contribution >= 4 is 17.3 Å². The third-order valence-electron chi connectivity index (χ3n) is 3.54. The van der Waals surface area contributed by atoms with Crippen LogP contribution in [0.4, 0.5) is 11.4 Å². The van der Waals surface area contributed by atoms with E-state index in [2.05, 4.69) is 0 Å². The Morgan fingerprint density at radius 3 is 2.32 bits per heavy atom. The molecule has 0 aliphatic rings. The van der Waals surface area contributed by atoms with Crippen molar-refractivity contribution in [1.29, 1.82) is 0 Å². The fraction of sp³-hybridized carbons (Fsp3) is 0.278. The van der Waals surface area contributed by atoms with Crippen molar-refractivity contribution in [3.8, 4) is 11.5 Å². The average molecular weight is 299 g/mol. The first kappa shape index (κ1) is 15.9. The van der Waals surface area contributed by atoms with E-state index >= 15 is 0 Å². The van der Waals surface area contributed by atoms with E-state index in [1.54, 1.807) is 26.0 Å². The van der Waals surface area contributed by atoms with E-state index in [0.29, 0.717) is 17.2 Å². The van der Waals surface area contributed by atoms with Crippen LogP contribution in [-0.4, -0.2) is 20.1 Å². The van der Waals surface area contributed by atoms with Gasteiger partial charge in [-0.15, -0.1) is 0 Å². The molecule has 0 aromatic heterocycles. The summed E-state index contributed by atoms with van der Waals surface area (Å²) in [5.74, 6) is 1.05. The van der Waals surface area contributed by atoms with Gasteiger partial charge >= 0.3 is 0 Å². The second-order valence-electron chi connectivity index (χ2n) is 5.16. The van der Waals surface area contributed by atoms with Gasteiger partial charge in [-0.05, 0) is 43.2 Å². The van der Waals surface area contributed by atoms with E-state index in [1.807, 2.05) is 50.2 Å². The summed E-state index contributed by atoms with van der Waals surface area (Å²) in [6.07, 6.45) is 0. The lowest BCUT2D eigenvalue weighted by atomic mass is 10.1. The Kier molecular flexibility index (Phi) is 4.71. The lowest BCUT2D eigenvalue weighted by Gasteiger charge is -2.26. The highest BCUT2D eigenvalue weighted by Gasteiger charge is 2.22. The number of nitrogens with zero attached hydrogens (tertiary/aromatic N) is 1. The maximum atomic E-state index is 12.3. The van der Waals surface area contributed by atoms with Crippen molar-refractivity contribution in [2.24, 2.45) is 0 Å². The Bertz CT molecular complexity index is 695. The van der Waals surface area contributed by atoms with Gasteiger partial charge in [0.25, 0.3) is 0 Å². The molecular formula is C18H21NO3. The van der Waals surface area contributed by atoms with Gasteiger partial charge in [0, 0.05) is 6.92 Å². The molecule has 0 heterocycles. The maximum Gasteiger partial charge on any atom is 0.228 e. The molecule has 0 saturated carbocycles. The molecule has 0 radical (unpaired) electrons. The molecule has 116 valence electrons. The minimum Gasteiger partial charge on any atom is -0.493 e. The minimum atomic E-state index is -0.0831. The van der Waals surface area contributed by atoms with Crippen LogP contribution in [0.1, 0.15) is 18.1 Å². The average Bonchev–Trinajstić information content (AvgIpc) is 2.50. The summed E-state index contributed by atoms with van der Waals surface area (Å²) in [6.45, 7) is 5.53. The molecule has 4 heteroatoms. The number of rotatable bonds is 4. The number of methoxy groups -OCH3 is 2. The lowest BCUT2D eigenvalue weighted by Crippen LogP contribution is -2.24. The normalized spacial score (nSPS) is 10.2. The van der Waals surface area contributed by atoms with Crippen LogP contribution < -0.4 is 14.4 Å². The fourth-order valence-corrected chi connectivity index (χ4v) is 2.48. The smallest absolute Gasteiger partial charge is 0.228 e. The zero-order valence-electron chi connectivity index (χ0n) is 13.6. The van der Waals surface area contributed by atoms with Crippen molar-refractivity contribution < 1.29 is 14.3 Å². The second kappa shape index (κ2) is 6.52. The van der Waals surface area contributed by atoms with Gasteiger partial charge in [0.05, 0.1) is 25.6 Å². The number of benzene rings is 2. The third kappa shape index (κ3) is 2.91. The predicted octanol–water partition coefficient (Wildman–Crippen LogP) is 4.01. The predicted molar refractivity (Wildman–Crippen MR) is 88.3 cm³/mol. The van der Waals surface area contributed by atoms with Gasteiger partial charge in [-0.3, -0.25) is 9.69 Å². The molecule has 0 aliphatic carbocycles. The van der Waals surface area contributed by atoms with Gasteiger partial charge in [-0.1, -0.05) is 18.2 Å². The highest BCUT2D eigenvalue weighted by molar-refractivity contribution is 6.01. The number of aryl methyl sites for hydroxylation is 2. The molecule has 22 heavy (non-hydrogen) atoms. The number of hydrogen-bond donors (Lipinski definition) is 0. The molecule has 0 saturated heterocycles. The molecular weight excluding hydrogens is 278 g/mol. The Balaban J connectivity index is 2.68. The van der Waals surface area contributed by atoms with Gasteiger partial charge < -0.3 is 9.47 Å². The van der Waals surface area contributed by atoms with Crippen LogP contribution in [0.3, 0.4) is 0 Å². The minimum absolute atomic E-state index is 0.0831. The molecule has 0 N–H and O–H groups in total. The van der Waals surface area contributed by atoms with Crippen LogP contribution in [0.2, 0.25) is 0 Å². The van der Waals surface area contributed by atoms with Gasteiger partial charge in [-0.25, -0.2) is 0 Å². The summed E-state index contributed by atoms with van der Waals surface area (Å²) < 4.78 is 10.8. The van der Waals surface area contributed by atoms with Crippen LogP contribution >= 0.6 is 0 Å². The third-order valence-corrected chi connectivity index (χ3v) is 3.54. The molecule has 0 fully saturated rings. The van der Waals surface area contributed by atoms with Crippen LogP contribution in [0, 0.1) is 13.8 Å². The van der Waals surface area contributed by atoms with Gasteiger partial charge in [0.2, 0.25) is 5.91 Å². The van der Waals surface area contributed by atoms with Gasteiger partial charge in [0.15, 0.2) is 11.5 Å². The number of amides is 1. The summed E-state index contributed by atoms with van der Waals surface area (Å²) in [7, 11) is 3.15. The van der Waals surface area contributed by atoms with Crippen LogP contribution in [-0.2, 0) is 4.79 Å². The van der Waals surface area contributed by atoms with Crippen LogP contribution in [0.25, 0.3) is 0 Å². The van der Waals surface area contributed by atoms with Crippen LogP contribution in [0.15, 0.2) is 36.4 Å². The number of hydrogen-bond acceptors (Lipinski definition) is 3. The molecule has 0 spiro atoms. The largest absolute Gasteiger partial charge is 0.493 e. The molecule has 2 aromatic carbocycles. The van der Waals surface area contributed by atoms with Crippen molar-refractivity contribution in [3.05, 3.63) is 47.5 Å². The zero-order valence-corrected chi connectivity index (χ0v) is 13.6. The lowest BCUT2D eigenvalue weighted by molar-refractivity contribution is -0.115. The topological polar surface area (TPSA) is 38.8 Å². The number of ether oxygens (including phenoxy) is 2. The quantitative estimate of drug-likeness (QED) is 0.856. The van der Waals surface area contributed by atoms with E-state index in [1.165, 1.54) is 0 Å². The Morgan fingerprint density at radius 1 is 1.00 bits per heavy atom. The van der Waals surface area contributed by atoms with Crippen molar-refractivity contribution in [1.82, 2.24) is 0 Å². The van der Waals surface area contributed by atoms with Crippen molar-refractivity contribution in [2.75, 3.05) is 19.1 Å². The van der Waals surface area contributed by atoms with E-state index < -0.39 is 0 Å². The molecule has 0 unspecified atom stereocenters. The highest BCUT2D eigenvalue weighted by Crippen LogP contribution is 2.41. The van der Waals surface area contributed by atoms with Crippen molar-refractivity contribution in [2.45, 2.75) is 20.8 Å². The summed E-state index contributed by atoms with van der Waals surface area (Å²) in [5.41, 5.74) is 3.63. The number of carbonyl (C=O) groups is 1. The monoisotopic (exact) mass is 299 g/mol. The maximum absolute atomic E-state index is 12.3. The highest BCUT2D eigenvalue weighted by atomic mass is 16.5. The van der Waals surface area contributed by atoms with Gasteiger partial charge in [0.1, 0.15) is 0 Å². The standard InChI is InChI=1S/C18H21NO3/c1-12-9-10-13(2)16(11-12)19(14(3)20)15-7-6-8-17(21-4)18(15)22-5/h6-11H,1-5H3. The first-order valence-electron chi connectivity index (χ1n) is 7.08. The van der Waals surface area contributed by atoms with Crippen molar-refractivity contribution in [3.63, 3.8) is 0 Å². The molecule has 2 aromatic rings. The number of anilines is 2. The van der Waals surface area contributed by atoms with Crippen LogP contribution in [0.5, 0.6) is 11.5 Å². The molecule has 0 aliphatic heterocycles. The first-order chi connectivity index (χ1) is 10.5. The number of para-hydroxylation sites is 1. The molecule has 0 bridgehead atoms. The first-order valence-corrected chi connectivity index (χ1v) is 7.08. The Labute approximate surface area is 131 Å². The summed E-state index contributed by atoms with van der Waals surface area (Å²) in [6, 6.07) is 11.5. The Morgan fingerprint density at radius 2 is 1.73 bits per heavy atom. The second-order valence-corrected chi connectivity index (χ2v) is 5.16. The Hall–Kier alpha value is -2.49. The van der Waals surface area contributed by atoms with E-state index in [4.69, 9.17) is 9.47 Å². The molecule has 4 nitrogen and oxygen atoms in total.